The van der Waals surface area contributed by atoms with Gasteiger partial charge in [0.15, 0.2) is 16.6 Å². The van der Waals surface area contributed by atoms with Crippen molar-refractivity contribution in [1.82, 2.24) is 15.2 Å². The summed E-state index contributed by atoms with van der Waals surface area (Å²) in [5.41, 5.74) is 11.5. The van der Waals surface area contributed by atoms with Crippen molar-refractivity contribution >= 4 is 34.7 Å². The van der Waals surface area contributed by atoms with E-state index in [2.05, 4.69) is 5.43 Å². The second-order valence-corrected chi connectivity index (χ2v) is 8.77. The number of nitrogens with zero attached hydrogens (tertiary/aromatic N) is 3. The Morgan fingerprint density at radius 3 is 1.87 bits per heavy atom. The van der Waals surface area contributed by atoms with E-state index in [4.69, 9.17) is 23.1 Å². The van der Waals surface area contributed by atoms with E-state index in [0.29, 0.717) is 22.6 Å². The minimum absolute atomic E-state index is 0.0471. The minimum atomic E-state index is -0.588. The number of aromatic nitrogens is 2. The topological polar surface area (TPSA) is 93.2 Å². The van der Waals surface area contributed by atoms with Gasteiger partial charge in [-0.15, -0.1) is 0 Å². The van der Waals surface area contributed by atoms with Crippen molar-refractivity contribution < 1.29 is 9.59 Å². The second-order valence-electron chi connectivity index (χ2n) is 8.33. The summed E-state index contributed by atoms with van der Waals surface area (Å²) in [6, 6.07) is 36.5. The van der Waals surface area contributed by atoms with Gasteiger partial charge in [0.05, 0.1) is 22.6 Å². The average molecular weight is 518 g/mol. The molecule has 0 aliphatic heterocycles. The number of anilines is 1. The molecule has 0 atom stereocenters. The van der Waals surface area contributed by atoms with Crippen molar-refractivity contribution in [1.29, 1.82) is 0 Å². The fraction of sp³-hybridized carbons (Fsp3) is 0. The molecule has 0 saturated heterocycles. The summed E-state index contributed by atoms with van der Waals surface area (Å²) in [5, 5.41) is 5.83. The van der Waals surface area contributed by atoms with Crippen molar-refractivity contribution in [2.45, 2.75) is 0 Å². The van der Waals surface area contributed by atoms with E-state index in [1.165, 1.54) is 5.01 Å². The first-order valence-corrected chi connectivity index (χ1v) is 12.2. The van der Waals surface area contributed by atoms with Crippen LogP contribution in [-0.2, 0) is 0 Å². The van der Waals surface area contributed by atoms with Gasteiger partial charge in [-0.1, -0.05) is 97.1 Å². The maximum atomic E-state index is 14.2. The van der Waals surface area contributed by atoms with Gasteiger partial charge in [-0.25, -0.2) is 9.69 Å². The number of benzene rings is 4. The van der Waals surface area contributed by atoms with Gasteiger partial charge >= 0.3 is 0 Å². The molecular formula is C30H23N5O2S. The summed E-state index contributed by atoms with van der Waals surface area (Å²) in [4.78, 5) is 28.3. The summed E-state index contributed by atoms with van der Waals surface area (Å²) < 4.78 is 1.63. The van der Waals surface area contributed by atoms with Crippen LogP contribution in [0, 0.1) is 0 Å². The van der Waals surface area contributed by atoms with E-state index in [9.17, 15) is 9.59 Å². The van der Waals surface area contributed by atoms with Crippen LogP contribution >= 0.6 is 12.2 Å². The van der Waals surface area contributed by atoms with E-state index >= 15 is 0 Å². The third-order valence-electron chi connectivity index (χ3n) is 5.84. The number of carbonyl (C=O) groups excluding carboxylic acids is 2. The number of hydrogen-bond acceptors (Lipinski definition) is 4. The number of nitrogens with one attached hydrogen (secondary N) is 1. The molecule has 0 spiro atoms. The van der Waals surface area contributed by atoms with E-state index in [0.717, 1.165) is 5.56 Å². The average Bonchev–Trinajstić information content (AvgIpc) is 3.37. The number of amides is 1. The highest BCUT2D eigenvalue weighted by atomic mass is 32.1. The van der Waals surface area contributed by atoms with Crippen LogP contribution in [0.1, 0.15) is 26.4 Å². The standard InChI is InChI=1S/C30H23N5O2S/c31-30(38)33-35(24-19-11-4-12-20-24)29(37)26-25(28(36)22-15-7-2-8-16-22)27(21-13-5-1-6-14-21)34(32-26)23-17-9-3-10-18-23/h1-20H,(H3,31,33,38). The summed E-state index contributed by atoms with van der Waals surface area (Å²) >= 11 is 5.07. The highest BCUT2D eigenvalue weighted by Crippen LogP contribution is 2.32. The first-order chi connectivity index (χ1) is 18.5. The van der Waals surface area contributed by atoms with Crippen LogP contribution in [0.25, 0.3) is 16.9 Å². The zero-order valence-electron chi connectivity index (χ0n) is 20.2. The SMILES string of the molecule is NC(=S)NN(C(=O)c1nn(-c2ccccc2)c(-c2ccccc2)c1C(=O)c1ccccc1)c1ccccc1. The minimum Gasteiger partial charge on any atom is -0.375 e. The van der Waals surface area contributed by atoms with Crippen LogP contribution < -0.4 is 16.2 Å². The van der Waals surface area contributed by atoms with Crippen molar-refractivity contribution in [3.05, 3.63) is 138 Å². The van der Waals surface area contributed by atoms with E-state index in [1.54, 1.807) is 53.2 Å². The van der Waals surface area contributed by atoms with Gasteiger partial charge in [0.2, 0.25) is 0 Å². The van der Waals surface area contributed by atoms with Gasteiger partial charge in [0.25, 0.3) is 5.91 Å². The number of nitrogens with two attached hydrogens (primary N) is 1. The predicted molar refractivity (Wildman–Crippen MR) is 152 cm³/mol. The van der Waals surface area contributed by atoms with Crippen molar-refractivity contribution in [2.75, 3.05) is 5.01 Å². The zero-order chi connectivity index (χ0) is 26.5. The van der Waals surface area contributed by atoms with E-state index in [-0.39, 0.29) is 22.2 Å². The monoisotopic (exact) mass is 517 g/mol. The Morgan fingerprint density at radius 1 is 0.763 bits per heavy atom. The maximum Gasteiger partial charge on any atom is 0.298 e. The third-order valence-corrected chi connectivity index (χ3v) is 5.93. The molecule has 0 bridgehead atoms. The molecule has 8 heteroatoms. The highest BCUT2D eigenvalue weighted by molar-refractivity contribution is 7.80. The molecule has 4 aromatic carbocycles. The molecule has 5 aromatic rings. The first kappa shape index (κ1) is 24.6. The number of hydrogen-bond donors (Lipinski definition) is 2. The largest absolute Gasteiger partial charge is 0.375 e. The molecule has 0 saturated carbocycles. The fourth-order valence-electron chi connectivity index (χ4n) is 4.16. The normalized spacial score (nSPS) is 10.5. The number of para-hydroxylation sites is 2. The lowest BCUT2D eigenvalue weighted by Gasteiger charge is -2.23. The summed E-state index contributed by atoms with van der Waals surface area (Å²) in [6.07, 6.45) is 0. The predicted octanol–water partition coefficient (Wildman–Crippen LogP) is 5.17. The number of hydrazine groups is 1. The molecule has 0 unspecified atom stereocenters. The highest BCUT2D eigenvalue weighted by Gasteiger charge is 2.33. The maximum absolute atomic E-state index is 14.2. The van der Waals surface area contributed by atoms with Gasteiger partial charge < -0.3 is 5.73 Å². The number of rotatable bonds is 6. The van der Waals surface area contributed by atoms with Crippen LogP contribution in [-0.4, -0.2) is 26.6 Å². The van der Waals surface area contributed by atoms with Crippen molar-refractivity contribution in [2.24, 2.45) is 5.73 Å². The van der Waals surface area contributed by atoms with Crippen molar-refractivity contribution in [3.63, 3.8) is 0 Å². The van der Waals surface area contributed by atoms with Gasteiger partial charge in [0.1, 0.15) is 0 Å². The first-order valence-electron chi connectivity index (χ1n) is 11.8. The third kappa shape index (κ3) is 4.93. The smallest absolute Gasteiger partial charge is 0.298 e. The second kappa shape index (κ2) is 10.9. The Bertz CT molecular complexity index is 1590. The van der Waals surface area contributed by atoms with Crippen LogP contribution in [0.15, 0.2) is 121 Å². The lowest BCUT2D eigenvalue weighted by atomic mass is 9.97. The van der Waals surface area contributed by atoms with E-state index < -0.39 is 5.91 Å². The van der Waals surface area contributed by atoms with Gasteiger partial charge in [0, 0.05) is 11.1 Å². The molecule has 186 valence electrons. The molecule has 1 heterocycles. The lowest BCUT2D eigenvalue weighted by Crippen LogP contribution is -2.49. The summed E-state index contributed by atoms with van der Waals surface area (Å²) in [5.74, 6) is -0.923. The summed E-state index contributed by atoms with van der Waals surface area (Å²) in [7, 11) is 0. The molecule has 0 aliphatic rings. The van der Waals surface area contributed by atoms with Crippen LogP contribution in [0.3, 0.4) is 0 Å². The van der Waals surface area contributed by atoms with Gasteiger partial charge in [-0.3, -0.25) is 15.0 Å². The summed E-state index contributed by atoms with van der Waals surface area (Å²) in [6.45, 7) is 0. The van der Waals surface area contributed by atoms with Gasteiger partial charge in [-0.2, -0.15) is 5.10 Å². The van der Waals surface area contributed by atoms with Crippen LogP contribution in [0.2, 0.25) is 0 Å². The fourth-order valence-corrected chi connectivity index (χ4v) is 4.25. The zero-order valence-corrected chi connectivity index (χ0v) is 21.0. The molecular weight excluding hydrogens is 494 g/mol. The van der Waals surface area contributed by atoms with Crippen LogP contribution in [0.4, 0.5) is 5.69 Å². The Labute approximate surface area is 225 Å². The molecule has 1 aromatic heterocycles. The molecule has 7 nitrogen and oxygen atoms in total. The number of ketones is 1. The lowest BCUT2D eigenvalue weighted by molar-refractivity contribution is 0.0962. The molecule has 0 radical (unpaired) electrons. The Hall–Kier alpha value is -5.08. The van der Waals surface area contributed by atoms with Crippen LogP contribution in [0.5, 0.6) is 0 Å². The molecule has 5 rings (SSSR count). The Morgan fingerprint density at radius 2 is 1.29 bits per heavy atom. The molecule has 0 fully saturated rings. The van der Waals surface area contributed by atoms with E-state index in [1.807, 2.05) is 72.8 Å². The Balaban J connectivity index is 1.80. The number of thiocarbonyl (C=S) groups is 1. The molecule has 1 amide bonds. The number of carbonyl (C=O) groups is 2. The quantitative estimate of drug-likeness (QED) is 0.184. The molecule has 38 heavy (non-hydrogen) atoms. The Kier molecular flexibility index (Phi) is 7.06. The van der Waals surface area contributed by atoms with Crippen molar-refractivity contribution in [3.8, 4) is 16.9 Å². The molecule has 0 aliphatic carbocycles. The molecule has 3 N–H and O–H groups in total. The van der Waals surface area contributed by atoms with Gasteiger partial charge in [-0.05, 0) is 36.5 Å².